The highest BCUT2D eigenvalue weighted by Crippen LogP contribution is 2.14. The van der Waals surface area contributed by atoms with Crippen LogP contribution in [0.15, 0.2) is 5.16 Å². The van der Waals surface area contributed by atoms with Crippen LogP contribution < -0.4 is 0 Å². The van der Waals surface area contributed by atoms with Crippen LogP contribution in [0.4, 0.5) is 0 Å². The third kappa shape index (κ3) is 1.41. The van der Waals surface area contributed by atoms with Crippen molar-refractivity contribution in [1.29, 1.82) is 0 Å². The van der Waals surface area contributed by atoms with Crippen molar-refractivity contribution in [3.8, 4) is 0 Å². The van der Waals surface area contributed by atoms with E-state index in [1.54, 1.807) is 0 Å². The van der Waals surface area contributed by atoms with Gasteiger partial charge >= 0.3 is 0 Å². The fourth-order valence-electron chi connectivity index (χ4n) is 1.21. The summed E-state index contributed by atoms with van der Waals surface area (Å²) in [6.07, 6.45) is 1.10. The summed E-state index contributed by atoms with van der Waals surface area (Å²) >= 11 is 0. The van der Waals surface area contributed by atoms with E-state index in [0.29, 0.717) is 12.8 Å². The molecule has 1 N–H and O–H groups in total. The van der Waals surface area contributed by atoms with Gasteiger partial charge in [-0.25, -0.2) is 0 Å². The Bertz CT molecular complexity index is 248. The summed E-state index contributed by atoms with van der Waals surface area (Å²) in [6, 6.07) is -1.20. The first kappa shape index (κ1) is 8.63. The van der Waals surface area contributed by atoms with Gasteiger partial charge in [-0.1, -0.05) is 5.16 Å². The minimum atomic E-state index is -1.20. The molecule has 1 fully saturated rings. The molecule has 0 aliphatic heterocycles. The van der Waals surface area contributed by atoms with Crippen molar-refractivity contribution in [2.75, 3.05) is 0 Å². The van der Waals surface area contributed by atoms with Crippen LogP contribution in [0.5, 0.6) is 0 Å². The molecular formula is C6H8N2O4. The van der Waals surface area contributed by atoms with Crippen LogP contribution in [0.1, 0.15) is 19.3 Å². The lowest BCUT2D eigenvalue weighted by Crippen LogP contribution is -2.38. The summed E-state index contributed by atoms with van der Waals surface area (Å²) in [5.74, 6) is -0.659. The summed E-state index contributed by atoms with van der Waals surface area (Å²) < 4.78 is 0. The summed E-state index contributed by atoms with van der Waals surface area (Å²) in [6.45, 7) is 0. The van der Waals surface area contributed by atoms with Gasteiger partial charge in [0.1, 0.15) is 5.71 Å². The summed E-state index contributed by atoms with van der Waals surface area (Å²) in [4.78, 5) is 20.7. The molecule has 1 unspecified atom stereocenters. The normalized spacial score (nSPS) is 27.5. The predicted molar refractivity (Wildman–Crippen MR) is 38.9 cm³/mol. The number of oxime groups is 1. The first-order valence-corrected chi connectivity index (χ1v) is 3.55. The molecule has 0 amide bonds. The zero-order valence-corrected chi connectivity index (χ0v) is 6.27. The van der Waals surface area contributed by atoms with Gasteiger partial charge in [0.2, 0.25) is 0 Å². The maximum absolute atomic E-state index is 11.1. The number of ketones is 1. The molecule has 0 aromatic heterocycles. The van der Waals surface area contributed by atoms with Gasteiger partial charge in [-0.15, -0.1) is 0 Å². The average molecular weight is 172 g/mol. The number of hydrogen-bond donors (Lipinski definition) is 1. The molecule has 1 aliphatic rings. The van der Waals surface area contributed by atoms with Crippen molar-refractivity contribution in [3.05, 3.63) is 10.1 Å². The Labute approximate surface area is 68.0 Å². The Kier molecular flexibility index (Phi) is 2.37. The molecule has 6 nitrogen and oxygen atoms in total. The van der Waals surface area contributed by atoms with Crippen LogP contribution in [0, 0.1) is 10.1 Å². The lowest BCUT2D eigenvalue weighted by atomic mass is 9.93. The van der Waals surface area contributed by atoms with E-state index in [1.807, 2.05) is 0 Å². The molecule has 6 heteroatoms. The number of carbonyl (C=O) groups is 1. The van der Waals surface area contributed by atoms with Crippen molar-refractivity contribution in [2.45, 2.75) is 25.3 Å². The van der Waals surface area contributed by atoms with Gasteiger partial charge < -0.3 is 5.21 Å². The van der Waals surface area contributed by atoms with Crippen molar-refractivity contribution in [2.24, 2.45) is 5.16 Å². The van der Waals surface area contributed by atoms with Crippen LogP contribution in [-0.2, 0) is 4.79 Å². The van der Waals surface area contributed by atoms with Crippen molar-refractivity contribution < 1.29 is 14.9 Å². The topological polar surface area (TPSA) is 92.8 Å². The van der Waals surface area contributed by atoms with E-state index in [2.05, 4.69) is 5.16 Å². The smallest absolute Gasteiger partial charge is 0.276 e. The first-order valence-electron chi connectivity index (χ1n) is 3.55. The summed E-state index contributed by atoms with van der Waals surface area (Å²) in [5, 5.41) is 21.3. The van der Waals surface area contributed by atoms with E-state index >= 15 is 0 Å². The molecule has 1 atom stereocenters. The number of nitrogens with zero attached hydrogens (tertiary/aromatic N) is 2. The lowest BCUT2D eigenvalue weighted by molar-refractivity contribution is -0.507. The third-order valence-electron chi connectivity index (χ3n) is 1.85. The maximum Gasteiger partial charge on any atom is 0.276 e. The van der Waals surface area contributed by atoms with Crippen molar-refractivity contribution in [3.63, 3.8) is 0 Å². The fraction of sp³-hybridized carbons (Fsp3) is 0.667. The Morgan fingerprint density at radius 2 is 2.33 bits per heavy atom. The van der Waals surface area contributed by atoms with E-state index in [1.165, 1.54) is 0 Å². The maximum atomic E-state index is 11.1. The SMILES string of the molecule is O=C1/C(=N\O)CCCC1[N+](=O)[O-]. The van der Waals surface area contributed by atoms with Gasteiger partial charge in [-0.05, 0) is 12.8 Å². The molecule has 0 spiro atoms. The Morgan fingerprint density at radius 1 is 1.67 bits per heavy atom. The second-order valence-corrected chi connectivity index (χ2v) is 2.60. The zero-order chi connectivity index (χ0) is 9.14. The number of rotatable bonds is 1. The van der Waals surface area contributed by atoms with Gasteiger partial charge in [0.25, 0.3) is 11.8 Å². The minimum absolute atomic E-state index is 0.0806. The highest BCUT2D eigenvalue weighted by atomic mass is 16.6. The summed E-state index contributed by atoms with van der Waals surface area (Å²) in [7, 11) is 0. The van der Waals surface area contributed by atoms with Crippen LogP contribution in [-0.4, -0.2) is 27.7 Å². The van der Waals surface area contributed by atoms with Gasteiger partial charge in [0, 0.05) is 11.3 Å². The molecule has 0 aromatic rings. The monoisotopic (exact) mass is 172 g/mol. The molecule has 0 heterocycles. The average Bonchev–Trinajstić information content (AvgIpc) is 2.04. The van der Waals surface area contributed by atoms with Crippen LogP contribution in [0.3, 0.4) is 0 Å². The number of hydrogen-bond acceptors (Lipinski definition) is 5. The van der Waals surface area contributed by atoms with Crippen LogP contribution in [0.25, 0.3) is 0 Å². The number of Topliss-reactive ketones (excluding diaryl/α,β-unsaturated/α-hetero) is 1. The molecule has 12 heavy (non-hydrogen) atoms. The van der Waals surface area contributed by atoms with Gasteiger partial charge in [-0.2, -0.15) is 0 Å². The van der Waals surface area contributed by atoms with Crippen LogP contribution >= 0.6 is 0 Å². The standard InChI is InChI=1S/C6H8N2O4/c9-6-4(7-10)2-1-3-5(6)8(11)12/h5,10H,1-3H2/b7-4-. The van der Waals surface area contributed by atoms with Gasteiger partial charge in [-0.3, -0.25) is 14.9 Å². The molecule has 1 saturated carbocycles. The number of carbonyl (C=O) groups excluding carboxylic acids is 1. The van der Waals surface area contributed by atoms with E-state index in [0.717, 1.165) is 0 Å². The largest absolute Gasteiger partial charge is 0.411 e. The molecule has 1 rings (SSSR count). The second-order valence-electron chi connectivity index (χ2n) is 2.60. The third-order valence-corrected chi connectivity index (χ3v) is 1.85. The molecular weight excluding hydrogens is 164 g/mol. The van der Waals surface area contributed by atoms with Crippen molar-refractivity contribution in [1.82, 2.24) is 0 Å². The Hall–Kier alpha value is -1.46. The highest BCUT2D eigenvalue weighted by molar-refractivity contribution is 6.41. The Morgan fingerprint density at radius 3 is 2.83 bits per heavy atom. The van der Waals surface area contributed by atoms with Gasteiger partial charge in [0.15, 0.2) is 0 Å². The zero-order valence-electron chi connectivity index (χ0n) is 6.27. The molecule has 0 radical (unpaired) electrons. The molecule has 0 aromatic carbocycles. The quantitative estimate of drug-likeness (QED) is 0.347. The predicted octanol–water partition coefficient (Wildman–Crippen LogP) is 0.215. The molecule has 0 saturated heterocycles. The second kappa shape index (κ2) is 3.29. The van der Waals surface area contributed by atoms with E-state index in [4.69, 9.17) is 5.21 Å². The highest BCUT2D eigenvalue weighted by Gasteiger charge is 2.36. The molecule has 1 aliphatic carbocycles. The fourth-order valence-corrected chi connectivity index (χ4v) is 1.21. The van der Waals surface area contributed by atoms with Gasteiger partial charge in [0.05, 0.1) is 0 Å². The molecule has 66 valence electrons. The Balaban J connectivity index is 2.80. The van der Waals surface area contributed by atoms with E-state index in [9.17, 15) is 14.9 Å². The first-order chi connectivity index (χ1) is 5.66. The number of nitro groups is 1. The minimum Gasteiger partial charge on any atom is -0.411 e. The lowest BCUT2D eigenvalue weighted by Gasteiger charge is -2.13. The van der Waals surface area contributed by atoms with E-state index in [-0.39, 0.29) is 12.1 Å². The summed E-state index contributed by atoms with van der Waals surface area (Å²) in [5.41, 5.74) is -0.0806. The van der Waals surface area contributed by atoms with Crippen molar-refractivity contribution >= 4 is 11.5 Å². The van der Waals surface area contributed by atoms with E-state index < -0.39 is 16.7 Å². The molecule has 0 bridgehead atoms. The van der Waals surface area contributed by atoms with Crippen LogP contribution in [0.2, 0.25) is 0 Å².